The molecule has 1 aliphatic rings. The Morgan fingerprint density at radius 1 is 1.29 bits per heavy atom. The van der Waals surface area contributed by atoms with E-state index in [0.717, 1.165) is 49.4 Å². The monoisotopic (exact) mass is 291 g/mol. The fraction of sp³-hybridized carbons (Fsp3) is 0.750. The molecule has 5 heteroatoms. The molecule has 0 aliphatic carbocycles. The first-order chi connectivity index (χ1) is 10.1. The van der Waals surface area contributed by atoms with E-state index in [1.165, 1.54) is 19.4 Å². The van der Waals surface area contributed by atoms with Crippen LogP contribution in [0.2, 0.25) is 0 Å². The van der Waals surface area contributed by atoms with E-state index in [1.807, 2.05) is 6.92 Å². The average molecular weight is 291 g/mol. The Morgan fingerprint density at radius 2 is 2.00 bits per heavy atom. The van der Waals surface area contributed by atoms with Gasteiger partial charge in [0.25, 0.3) is 0 Å². The maximum absolute atomic E-state index is 4.62. The number of aryl methyl sites for hydroxylation is 1. The van der Waals surface area contributed by atoms with Gasteiger partial charge in [-0.2, -0.15) is 0 Å². The predicted octanol–water partition coefficient (Wildman–Crippen LogP) is 2.38. The Morgan fingerprint density at radius 3 is 2.62 bits per heavy atom. The summed E-state index contributed by atoms with van der Waals surface area (Å²) in [6.45, 7) is 8.49. The van der Waals surface area contributed by atoms with Crippen LogP contribution in [-0.2, 0) is 0 Å². The van der Waals surface area contributed by atoms with Crippen molar-refractivity contribution in [2.75, 3.05) is 50.5 Å². The summed E-state index contributed by atoms with van der Waals surface area (Å²) in [4.78, 5) is 13.8. The number of anilines is 2. The van der Waals surface area contributed by atoms with Gasteiger partial charge in [0.2, 0.25) is 0 Å². The minimum Gasteiger partial charge on any atom is -0.370 e. The van der Waals surface area contributed by atoms with Gasteiger partial charge < -0.3 is 15.1 Å². The molecule has 118 valence electrons. The van der Waals surface area contributed by atoms with Gasteiger partial charge in [-0.15, -0.1) is 0 Å². The van der Waals surface area contributed by atoms with E-state index in [-0.39, 0.29) is 0 Å². The second-order valence-electron chi connectivity index (χ2n) is 6.28. The molecule has 0 bridgehead atoms. The van der Waals surface area contributed by atoms with Crippen LogP contribution in [0.25, 0.3) is 0 Å². The number of hydrogen-bond donors (Lipinski definition) is 1. The number of aromatic nitrogens is 2. The third kappa shape index (κ3) is 4.84. The van der Waals surface area contributed by atoms with Crippen molar-refractivity contribution in [2.45, 2.75) is 33.1 Å². The fourth-order valence-electron chi connectivity index (χ4n) is 2.92. The van der Waals surface area contributed by atoms with Crippen LogP contribution in [0.15, 0.2) is 6.07 Å². The van der Waals surface area contributed by atoms with E-state index in [9.17, 15) is 0 Å². The number of piperidine rings is 1. The molecule has 1 aromatic heterocycles. The Labute approximate surface area is 128 Å². The van der Waals surface area contributed by atoms with Gasteiger partial charge in [-0.1, -0.05) is 6.92 Å². The lowest BCUT2D eigenvalue weighted by Gasteiger charge is -2.34. The zero-order valence-corrected chi connectivity index (χ0v) is 13.9. The summed E-state index contributed by atoms with van der Waals surface area (Å²) in [5.41, 5.74) is 0. The van der Waals surface area contributed by atoms with Crippen LogP contribution in [0, 0.1) is 12.8 Å². The Bertz CT molecular complexity index is 438. The summed E-state index contributed by atoms with van der Waals surface area (Å²) in [5, 5.41) is 3.37. The average Bonchev–Trinajstić information content (AvgIpc) is 2.44. The molecule has 0 spiro atoms. The summed E-state index contributed by atoms with van der Waals surface area (Å²) in [6.07, 6.45) is 3.60. The Hall–Kier alpha value is -1.36. The molecule has 0 radical (unpaired) electrons. The molecular weight excluding hydrogens is 262 g/mol. The largest absolute Gasteiger partial charge is 0.370 e. The molecule has 1 fully saturated rings. The van der Waals surface area contributed by atoms with E-state index < -0.39 is 0 Å². The summed E-state index contributed by atoms with van der Waals surface area (Å²) in [5.74, 6) is 3.69. The third-order valence-electron chi connectivity index (χ3n) is 3.94. The van der Waals surface area contributed by atoms with Crippen molar-refractivity contribution in [1.82, 2.24) is 14.9 Å². The maximum atomic E-state index is 4.62. The summed E-state index contributed by atoms with van der Waals surface area (Å²) < 4.78 is 0. The van der Waals surface area contributed by atoms with Crippen LogP contribution in [0.5, 0.6) is 0 Å². The molecule has 0 unspecified atom stereocenters. The molecule has 21 heavy (non-hydrogen) atoms. The second kappa shape index (κ2) is 7.59. The van der Waals surface area contributed by atoms with Crippen molar-refractivity contribution in [2.24, 2.45) is 5.92 Å². The topological polar surface area (TPSA) is 44.3 Å². The number of hydrogen-bond acceptors (Lipinski definition) is 5. The van der Waals surface area contributed by atoms with Crippen molar-refractivity contribution < 1.29 is 0 Å². The minimum atomic E-state index is 0.817. The van der Waals surface area contributed by atoms with Gasteiger partial charge in [-0.05, 0) is 46.2 Å². The highest BCUT2D eigenvalue weighted by atomic mass is 15.2. The smallest absolute Gasteiger partial charge is 0.134 e. The van der Waals surface area contributed by atoms with E-state index in [0.29, 0.717) is 0 Å². The standard InChI is InChI=1S/C16H29N5/c1-5-8-17-15-11-16(19-13(2)18-15)21-9-6-14(7-10-21)12-20(3)4/h11,14H,5-10,12H2,1-4H3,(H,17,18,19). The summed E-state index contributed by atoms with van der Waals surface area (Å²) in [7, 11) is 4.32. The lowest BCUT2D eigenvalue weighted by atomic mass is 9.96. The highest BCUT2D eigenvalue weighted by molar-refractivity contribution is 5.49. The lowest BCUT2D eigenvalue weighted by Crippen LogP contribution is -2.37. The van der Waals surface area contributed by atoms with Crippen molar-refractivity contribution >= 4 is 11.6 Å². The normalized spacial score (nSPS) is 16.5. The van der Waals surface area contributed by atoms with Crippen LogP contribution in [0.4, 0.5) is 11.6 Å². The number of nitrogens with one attached hydrogen (secondary N) is 1. The van der Waals surface area contributed by atoms with Crippen LogP contribution in [0.3, 0.4) is 0 Å². The molecular formula is C16H29N5. The molecule has 5 nitrogen and oxygen atoms in total. The zero-order valence-electron chi connectivity index (χ0n) is 13.9. The van der Waals surface area contributed by atoms with Crippen LogP contribution in [-0.4, -0.2) is 55.1 Å². The number of nitrogens with zero attached hydrogens (tertiary/aromatic N) is 4. The molecule has 0 aromatic carbocycles. The summed E-state index contributed by atoms with van der Waals surface area (Å²) >= 11 is 0. The lowest BCUT2D eigenvalue weighted by molar-refractivity contribution is 0.284. The van der Waals surface area contributed by atoms with Crippen molar-refractivity contribution in [3.63, 3.8) is 0 Å². The van der Waals surface area contributed by atoms with Gasteiger partial charge >= 0.3 is 0 Å². The molecule has 1 aliphatic heterocycles. The third-order valence-corrected chi connectivity index (χ3v) is 3.94. The second-order valence-corrected chi connectivity index (χ2v) is 6.28. The van der Waals surface area contributed by atoms with E-state index >= 15 is 0 Å². The van der Waals surface area contributed by atoms with Crippen LogP contribution >= 0.6 is 0 Å². The van der Waals surface area contributed by atoms with Gasteiger partial charge in [-0.3, -0.25) is 0 Å². The van der Waals surface area contributed by atoms with Crippen LogP contribution in [0.1, 0.15) is 32.0 Å². The zero-order chi connectivity index (χ0) is 15.2. The van der Waals surface area contributed by atoms with Gasteiger partial charge in [0.15, 0.2) is 0 Å². The van der Waals surface area contributed by atoms with E-state index in [1.54, 1.807) is 0 Å². The van der Waals surface area contributed by atoms with E-state index in [2.05, 4.69) is 52.2 Å². The van der Waals surface area contributed by atoms with Gasteiger partial charge in [0, 0.05) is 32.2 Å². The first-order valence-electron chi connectivity index (χ1n) is 8.07. The fourth-order valence-corrected chi connectivity index (χ4v) is 2.92. The maximum Gasteiger partial charge on any atom is 0.134 e. The van der Waals surface area contributed by atoms with Crippen molar-refractivity contribution in [3.8, 4) is 0 Å². The SMILES string of the molecule is CCCNc1cc(N2CCC(CN(C)C)CC2)nc(C)n1. The highest BCUT2D eigenvalue weighted by Gasteiger charge is 2.21. The van der Waals surface area contributed by atoms with Gasteiger partial charge in [0.05, 0.1) is 0 Å². The first-order valence-corrected chi connectivity index (χ1v) is 8.07. The predicted molar refractivity (Wildman–Crippen MR) is 89.0 cm³/mol. The first kappa shape index (κ1) is 16.0. The quantitative estimate of drug-likeness (QED) is 0.872. The Balaban J connectivity index is 1.97. The molecule has 0 saturated carbocycles. The van der Waals surface area contributed by atoms with E-state index in [4.69, 9.17) is 0 Å². The Kier molecular flexibility index (Phi) is 5.79. The van der Waals surface area contributed by atoms with Crippen molar-refractivity contribution in [3.05, 3.63) is 11.9 Å². The van der Waals surface area contributed by atoms with Gasteiger partial charge in [-0.25, -0.2) is 9.97 Å². The molecule has 1 aromatic rings. The van der Waals surface area contributed by atoms with Crippen LogP contribution < -0.4 is 10.2 Å². The number of rotatable bonds is 6. The highest BCUT2D eigenvalue weighted by Crippen LogP contribution is 2.23. The summed E-state index contributed by atoms with van der Waals surface area (Å²) in [6, 6.07) is 2.09. The van der Waals surface area contributed by atoms with Gasteiger partial charge in [0.1, 0.15) is 17.5 Å². The molecule has 2 rings (SSSR count). The molecule has 2 heterocycles. The molecule has 0 amide bonds. The molecule has 0 atom stereocenters. The minimum absolute atomic E-state index is 0.817. The van der Waals surface area contributed by atoms with Crippen molar-refractivity contribution in [1.29, 1.82) is 0 Å². The molecule has 1 N–H and O–H groups in total. The molecule has 1 saturated heterocycles.